The van der Waals surface area contributed by atoms with Gasteiger partial charge in [0.1, 0.15) is 5.91 Å². The van der Waals surface area contributed by atoms with Crippen LogP contribution >= 0.6 is 0 Å². The van der Waals surface area contributed by atoms with Crippen molar-refractivity contribution in [2.45, 2.75) is 73.8 Å². The summed E-state index contributed by atoms with van der Waals surface area (Å²) < 4.78 is 0. The van der Waals surface area contributed by atoms with Crippen LogP contribution in [0.25, 0.3) is 0 Å². The zero-order chi connectivity index (χ0) is 19.1. The molecule has 2 unspecified atom stereocenters. The molecule has 1 fully saturated rings. The molecule has 0 spiro atoms. The molecule has 1 heterocycles. The number of hydrogen-bond acceptors (Lipinski definition) is 3. The molecule has 2 atom stereocenters. The van der Waals surface area contributed by atoms with Crippen LogP contribution in [0.5, 0.6) is 0 Å². The molecular formula is C19H33N2O3W-. The average molecular weight is 521 g/mol. The van der Waals surface area contributed by atoms with E-state index in [0.29, 0.717) is 17.9 Å². The molecule has 1 aliphatic carbocycles. The van der Waals surface area contributed by atoms with Crippen LogP contribution in [-0.2, 0) is 35.4 Å². The Morgan fingerprint density at radius 1 is 1.16 bits per heavy atom. The van der Waals surface area contributed by atoms with Crippen molar-refractivity contribution >= 4 is 17.7 Å². The number of nitrogens with one attached hydrogen (secondary N) is 2. The Bertz CT molecular complexity index is 460. The maximum absolute atomic E-state index is 11.9. The van der Waals surface area contributed by atoms with Gasteiger partial charge in [-0.15, -0.1) is 11.6 Å². The third-order valence-corrected chi connectivity index (χ3v) is 3.01. The van der Waals surface area contributed by atoms with E-state index in [4.69, 9.17) is 0 Å². The molecule has 1 aliphatic heterocycles. The van der Waals surface area contributed by atoms with Crippen LogP contribution in [0.3, 0.4) is 0 Å². The summed E-state index contributed by atoms with van der Waals surface area (Å²) in [6.45, 7) is 14.0. The van der Waals surface area contributed by atoms with Crippen molar-refractivity contribution in [2.24, 2.45) is 5.92 Å². The summed E-state index contributed by atoms with van der Waals surface area (Å²) in [5.41, 5.74) is 0.456. The van der Waals surface area contributed by atoms with E-state index in [1.807, 2.05) is 60.6 Å². The summed E-state index contributed by atoms with van der Waals surface area (Å²) in [6, 6.07) is -0.628. The van der Waals surface area contributed by atoms with Gasteiger partial charge in [0.05, 0.1) is 6.04 Å². The minimum absolute atomic E-state index is 0. The second kappa shape index (κ2) is 17.6. The Labute approximate surface area is 167 Å². The fourth-order valence-corrected chi connectivity index (χ4v) is 1.89. The Morgan fingerprint density at radius 2 is 1.72 bits per heavy atom. The molecule has 0 aromatic heterocycles. The normalized spacial score (nSPS) is 20.5. The molecule has 0 aromatic carbocycles. The Balaban J connectivity index is -0.000000626. The first kappa shape index (κ1) is 28.6. The molecule has 2 N–H and O–H groups in total. The van der Waals surface area contributed by atoms with Crippen LogP contribution in [0.2, 0.25) is 0 Å². The Hall–Kier alpha value is -1.22. The predicted molar refractivity (Wildman–Crippen MR) is 98.0 cm³/mol. The van der Waals surface area contributed by atoms with Gasteiger partial charge in [0.2, 0.25) is 11.8 Å². The van der Waals surface area contributed by atoms with E-state index in [2.05, 4.69) is 16.7 Å². The van der Waals surface area contributed by atoms with Crippen molar-refractivity contribution in [3.05, 3.63) is 23.8 Å². The summed E-state index contributed by atoms with van der Waals surface area (Å²) in [6.07, 6.45) is 7.97. The van der Waals surface area contributed by atoms with Gasteiger partial charge in [-0.05, 0) is 12.3 Å². The first-order chi connectivity index (χ1) is 11.6. The maximum atomic E-state index is 11.9. The van der Waals surface area contributed by atoms with Gasteiger partial charge in [0.25, 0.3) is 0 Å². The monoisotopic (exact) mass is 521 g/mol. The van der Waals surface area contributed by atoms with E-state index in [0.717, 1.165) is 6.42 Å². The molecule has 2 aliphatic rings. The van der Waals surface area contributed by atoms with Gasteiger partial charge in [-0.25, -0.2) is 0 Å². The van der Waals surface area contributed by atoms with Gasteiger partial charge in [-0.2, -0.15) is 12.2 Å². The van der Waals surface area contributed by atoms with E-state index < -0.39 is 11.9 Å². The molecule has 25 heavy (non-hydrogen) atoms. The maximum Gasteiger partial charge on any atom is 0.248 e. The topological polar surface area (TPSA) is 75.3 Å². The largest absolute Gasteiger partial charge is 0.394 e. The summed E-state index contributed by atoms with van der Waals surface area (Å²) in [4.78, 5) is 34.3. The molecular weight excluding hydrogens is 488 g/mol. The molecule has 0 radical (unpaired) electrons. The van der Waals surface area contributed by atoms with Crippen molar-refractivity contribution in [1.29, 1.82) is 0 Å². The Morgan fingerprint density at radius 3 is 2.16 bits per heavy atom. The predicted octanol–water partition coefficient (Wildman–Crippen LogP) is 3.31. The minimum Gasteiger partial charge on any atom is -0.394 e. The number of carbonyl (C=O) groups is 3. The summed E-state index contributed by atoms with van der Waals surface area (Å²) in [7, 11) is 0. The summed E-state index contributed by atoms with van der Waals surface area (Å²) in [5.74, 6) is -0.652. The molecule has 3 amide bonds. The summed E-state index contributed by atoms with van der Waals surface area (Å²) in [5, 5.41) is 4.82. The fraction of sp³-hybridized carbons (Fsp3) is 0.632. The SMILES string of the molecule is CC.CC.CC.CC1C=[C-]C(C(=O)NC2CCC(=O)NC2=O)=CC1.[W]. The average Bonchev–Trinajstić information content (AvgIpc) is 2.63. The smallest absolute Gasteiger partial charge is 0.248 e. The molecule has 0 aromatic rings. The first-order valence-electron chi connectivity index (χ1n) is 9.01. The standard InChI is InChI=1S/C13H15N2O3.3C2H6.W/c1-8-2-4-9(5-3-8)12(17)14-10-6-7-11(16)15-13(10)18;3*1-2;/h2,5,8,10H,3,6-7H2,1H3,(H,14,17)(H,15,16,18);3*1-2H3;/q-1;;;;. The minimum atomic E-state index is -0.628. The third-order valence-electron chi connectivity index (χ3n) is 3.01. The van der Waals surface area contributed by atoms with Crippen molar-refractivity contribution in [1.82, 2.24) is 10.6 Å². The van der Waals surface area contributed by atoms with E-state index in [1.54, 1.807) is 0 Å². The number of imide groups is 1. The summed E-state index contributed by atoms with van der Waals surface area (Å²) >= 11 is 0. The van der Waals surface area contributed by atoms with Gasteiger partial charge in [0, 0.05) is 27.5 Å². The third kappa shape index (κ3) is 11.1. The van der Waals surface area contributed by atoms with Gasteiger partial charge < -0.3 is 10.1 Å². The van der Waals surface area contributed by atoms with Crippen LogP contribution in [-0.4, -0.2) is 23.8 Å². The van der Waals surface area contributed by atoms with E-state index in [1.165, 1.54) is 0 Å². The zero-order valence-corrected chi connectivity index (χ0v) is 19.5. The number of hydrogen-bond donors (Lipinski definition) is 2. The Kier molecular flexibility index (Phi) is 20.1. The van der Waals surface area contributed by atoms with Crippen LogP contribution in [0, 0.1) is 12.0 Å². The van der Waals surface area contributed by atoms with Crippen LogP contribution in [0.4, 0.5) is 0 Å². The fourth-order valence-electron chi connectivity index (χ4n) is 1.89. The number of carbonyl (C=O) groups excluding carboxylic acids is 3. The van der Waals surface area contributed by atoms with Crippen molar-refractivity contribution < 1.29 is 35.4 Å². The van der Waals surface area contributed by atoms with E-state index in [-0.39, 0.29) is 39.3 Å². The van der Waals surface area contributed by atoms with Gasteiger partial charge in [0.15, 0.2) is 0 Å². The second-order valence-electron chi connectivity index (χ2n) is 4.62. The number of piperidine rings is 1. The van der Waals surface area contributed by atoms with Crippen molar-refractivity contribution in [3.8, 4) is 0 Å². The van der Waals surface area contributed by atoms with Crippen LogP contribution in [0.15, 0.2) is 17.7 Å². The van der Waals surface area contributed by atoms with Gasteiger partial charge in [-0.1, -0.05) is 54.9 Å². The number of amides is 3. The molecule has 0 bridgehead atoms. The van der Waals surface area contributed by atoms with E-state index >= 15 is 0 Å². The van der Waals surface area contributed by atoms with Crippen molar-refractivity contribution in [3.63, 3.8) is 0 Å². The van der Waals surface area contributed by atoms with E-state index in [9.17, 15) is 14.4 Å². The molecule has 144 valence electrons. The molecule has 1 saturated heterocycles. The first-order valence-corrected chi connectivity index (χ1v) is 9.01. The molecule has 6 heteroatoms. The zero-order valence-electron chi connectivity index (χ0n) is 16.6. The van der Waals surface area contributed by atoms with Gasteiger partial charge >= 0.3 is 0 Å². The van der Waals surface area contributed by atoms with Crippen LogP contribution in [0.1, 0.15) is 67.7 Å². The van der Waals surface area contributed by atoms with Crippen LogP contribution < -0.4 is 10.6 Å². The molecule has 2 rings (SSSR count). The van der Waals surface area contributed by atoms with Crippen molar-refractivity contribution in [2.75, 3.05) is 0 Å². The number of allylic oxidation sites excluding steroid dienone is 2. The van der Waals surface area contributed by atoms with Gasteiger partial charge in [-0.3, -0.25) is 14.9 Å². The quantitative estimate of drug-likeness (QED) is 0.433. The molecule has 5 nitrogen and oxygen atoms in total. The molecule has 0 saturated carbocycles. The number of rotatable bonds is 2. The second-order valence-corrected chi connectivity index (χ2v) is 4.62.